The number of likely N-dealkylation sites (tertiary alicyclic amines) is 1. The lowest BCUT2D eigenvalue weighted by molar-refractivity contribution is 0.0789. The molecule has 1 atom stereocenters. The van der Waals surface area contributed by atoms with Crippen molar-refractivity contribution >= 4 is 40.6 Å². The highest BCUT2D eigenvalue weighted by Gasteiger charge is 2.32. The Morgan fingerprint density at radius 1 is 1.13 bits per heavy atom. The van der Waals surface area contributed by atoms with Gasteiger partial charge in [-0.05, 0) is 61.9 Å². The van der Waals surface area contributed by atoms with Crippen molar-refractivity contribution in [2.45, 2.75) is 43.3 Å². The van der Waals surface area contributed by atoms with E-state index in [2.05, 4.69) is 22.9 Å². The number of pyridine rings is 1. The van der Waals surface area contributed by atoms with E-state index in [1.165, 1.54) is 10.4 Å². The van der Waals surface area contributed by atoms with Crippen LogP contribution in [-0.2, 0) is 6.42 Å². The van der Waals surface area contributed by atoms with Gasteiger partial charge < -0.3 is 9.47 Å². The van der Waals surface area contributed by atoms with Crippen molar-refractivity contribution in [1.82, 2.24) is 9.47 Å². The van der Waals surface area contributed by atoms with Crippen LogP contribution < -0.4 is 5.43 Å². The normalized spacial score (nSPS) is 17.9. The predicted molar refractivity (Wildman–Crippen MR) is 128 cm³/mol. The van der Waals surface area contributed by atoms with E-state index in [9.17, 15) is 9.59 Å². The number of rotatable bonds is 2. The third-order valence-corrected chi connectivity index (χ3v) is 8.89. The molecule has 2 aliphatic rings. The van der Waals surface area contributed by atoms with Gasteiger partial charge in [-0.3, -0.25) is 9.59 Å². The summed E-state index contributed by atoms with van der Waals surface area (Å²) in [4.78, 5) is 30.8. The Morgan fingerprint density at radius 2 is 1.90 bits per heavy atom. The van der Waals surface area contributed by atoms with Crippen LogP contribution in [0.1, 0.15) is 50.3 Å². The molecule has 1 aromatic carbocycles. The molecule has 4 heterocycles. The number of thioether (sulfide) groups is 1. The Balaban J connectivity index is 1.77. The summed E-state index contributed by atoms with van der Waals surface area (Å²) >= 11 is 9.86. The van der Waals surface area contributed by atoms with Crippen LogP contribution in [0.15, 0.2) is 45.4 Å². The number of fused-ring (bicyclic) bond motifs is 3. The van der Waals surface area contributed by atoms with Crippen molar-refractivity contribution in [3.63, 3.8) is 0 Å². The molecular weight excluding hydrogens is 448 g/mol. The van der Waals surface area contributed by atoms with Gasteiger partial charge in [-0.25, -0.2) is 0 Å². The first-order valence-electron chi connectivity index (χ1n) is 10.5. The van der Waals surface area contributed by atoms with Crippen molar-refractivity contribution in [2.75, 3.05) is 13.1 Å². The second-order valence-corrected chi connectivity index (χ2v) is 10.8. The van der Waals surface area contributed by atoms with Gasteiger partial charge in [0.05, 0.1) is 5.69 Å². The summed E-state index contributed by atoms with van der Waals surface area (Å²) in [7, 11) is 0. The van der Waals surface area contributed by atoms with E-state index in [4.69, 9.17) is 11.6 Å². The molecule has 0 bridgehead atoms. The van der Waals surface area contributed by atoms with Crippen LogP contribution in [0, 0.1) is 13.8 Å². The molecular formula is C24H23ClN2O2S2. The van der Waals surface area contributed by atoms with Gasteiger partial charge in [-0.15, -0.1) is 23.1 Å². The predicted octanol–water partition coefficient (Wildman–Crippen LogP) is 5.79. The number of halogens is 1. The van der Waals surface area contributed by atoms with Crippen LogP contribution in [0.2, 0.25) is 5.02 Å². The lowest BCUT2D eigenvalue weighted by Crippen LogP contribution is -2.34. The van der Waals surface area contributed by atoms with E-state index in [0.29, 0.717) is 17.0 Å². The second kappa shape index (κ2) is 8.15. The fourth-order valence-electron chi connectivity index (χ4n) is 4.63. The minimum absolute atomic E-state index is 0.109. The molecule has 2 aromatic heterocycles. The van der Waals surface area contributed by atoms with Gasteiger partial charge >= 0.3 is 0 Å². The van der Waals surface area contributed by atoms with Gasteiger partial charge in [0.15, 0.2) is 5.43 Å². The Labute approximate surface area is 194 Å². The molecule has 0 saturated carbocycles. The van der Waals surface area contributed by atoms with E-state index in [1.54, 1.807) is 29.2 Å². The summed E-state index contributed by atoms with van der Waals surface area (Å²) in [5.74, 6) is -0.129. The van der Waals surface area contributed by atoms with E-state index < -0.39 is 0 Å². The van der Waals surface area contributed by atoms with Crippen LogP contribution in [0.25, 0.3) is 5.69 Å². The Kier molecular flexibility index (Phi) is 5.49. The van der Waals surface area contributed by atoms with Crippen molar-refractivity contribution in [2.24, 2.45) is 0 Å². The monoisotopic (exact) mass is 470 g/mol. The smallest absolute Gasteiger partial charge is 0.259 e. The molecule has 2 aliphatic heterocycles. The van der Waals surface area contributed by atoms with E-state index in [0.717, 1.165) is 47.9 Å². The number of aromatic nitrogens is 1. The summed E-state index contributed by atoms with van der Waals surface area (Å²) in [6.07, 6.45) is 2.61. The number of benzene rings is 1. The number of nitrogens with zero attached hydrogens (tertiary/aromatic N) is 2. The minimum Gasteiger partial charge on any atom is -0.338 e. The van der Waals surface area contributed by atoms with Crippen LogP contribution >= 0.6 is 34.7 Å². The Bertz CT molecular complexity index is 1240. The van der Waals surface area contributed by atoms with Crippen molar-refractivity contribution in [1.29, 1.82) is 0 Å². The molecule has 0 spiro atoms. The van der Waals surface area contributed by atoms with Crippen LogP contribution in [0.5, 0.6) is 0 Å². The highest BCUT2D eigenvalue weighted by Crippen LogP contribution is 2.47. The maximum Gasteiger partial charge on any atom is 0.259 e. The van der Waals surface area contributed by atoms with Crippen molar-refractivity contribution in [3.05, 3.63) is 78.3 Å². The van der Waals surface area contributed by atoms with Crippen LogP contribution in [0.3, 0.4) is 0 Å². The van der Waals surface area contributed by atoms with E-state index >= 15 is 0 Å². The number of amides is 1. The summed E-state index contributed by atoms with van der Waals surface area (Å²) in [5, 5.41) is 2.90. The second-order valence-electron chi connectivity index (χ2n) is 8.20. The fourth-order valence-corrected chi connectivity index (χ4v) is 7.40. The van der Waals surface area contributed by atoms with E-state index in [-0.39, 0.29) is 16.6 Å². The average molecular weight is 471 g/mol. The molecule has 3 aromatic rings. The number of carbonyl (C=O) groups excluding carboxylic acids is 1. The molecule has 4 nitrogen and oxygen atoms in total. The summed E-state index contributed by atoms with van der Waals surface area (Å²) < 4.78 is 2.10. The molecule has 5 rings (SSSR count). The van der Waals surface area contributed by atoms with Gasteiger partial charge in [0.1, 0.15) is 5.56 Å². The third-order valence-electron chi connectivity index (χ3n) is 6.11. The SMILES string of the molecule is Cc1ccsc1C1Cc2c(C(=O)N3CCCC3)c(=O)cc(C)n2-c2ccc(Cl)cc2S1. The minimum atomic E-state index is -0.176. The summed E-state index contributed by atoms with van der Waals surface area (Å²) in [6.45, 7) is 5.50. The average Bonchev–Trinajstić information content (AvgIpc) is 3.37. The lowest BCUT2D eigenvalue weighted by Gasteiger charge is -2.22. The molecule has 160 valence electrons. The molecule has 0 radical (unpaired) electrons. The topological polar surface area (TPSA) is 42.3 Å². The zero-order valence-corrected chi connectivity index (χ0v) is 19.9. The number of hydrogen-bond acceptors (Lipinski definition) is 4. The molecule has 0 aliphatic carbocycles. The van der Waals surface area contributed by atoms with Gasteiger partial charge in [0.25, 0.3) is 5.91 Å². The molecule has 1 fully saturated rings. The van der Waals surface area contributed by atoms with Gasteiger partial charge in [-0.1, -0.05) is 11.6 Å². The first-order chi connectivity index (χ1) is 14.9. The standard InChI is InChI=1S/C24H23ClN2O2S2/c1-14-7-10-30-23(14)21-13-18-22(24(29)26-8-3-4-9-26)19(28)11-15(2)27(18)17-6-5-16(25)12-20(17)31-21/h5-7,10-12,21H,3-4,8-9,13H2,1-2H3. The van der Waals surface area contributed by atoms with Crippen LogP contribution in [0.4, 0.5) is 0 Å². The highest BCUT2D eigenvalue weighted by atomic mass is 35.5. The summed E-state index contributed by atoms with van der Waals surface area (Å²) in [5.41, 5.74) is 4.02. The van der Waals surface area contributed by atoms with Gasteiger partial charge in [0, 0.05) is 57.0 Å². The molecule has 1 saturated heterocycles. The quantitative estimate of drug-likeness (QED) is 0.475. The zero-order valence-electron chi connectivity index (χ0n) is 17.5. The first-order valence-corrected chi connectivity index (χ1v) is 12.6. The lowest BCUT2D eigenvalue weighted by atomic mass is 10.0. The van der Waals surface area contributed by atoms with Crippen LogP contribution in [-0.4, -0.2) is 28.5 Å². The number of carbonyl (C=O) groups is 1. The van der Waals surface area contributed by atoms with Gasteiger partial charge in [0.2, 0.25) is 0 Å². The summed E-state index contributed by atoms with van der Waals surface area (Å²) in [6, 6.07) is 9.60. The molecule has 7 heteroatoms. The maximum atomic E-state index is 13.5. The largest absolute Gasteiger partial charge is 0.338 e. The third kappa shape index (κ3) is 3.65. The molecule has 0 N–H and O–H groups in total. The van der Waals surface area contributed by atoms with E-state index in [1.807, 2.05) is 30.0 Å². The number of hydrogen-bond donors (Lipinski definition) is 0. The Morgan fingerprint density at radius 3 is 2.61 bits per heavy atom. The molecule has 1 amide bonds. The van der Waals surface area contributed by atoms with Gasteiger partial charge in [-0.2, -0.15) is 0 Å². The zero-order chi connectivity index (χ0) is 21.7. The maximum absolute atomic E-state index is 13.5. The highest BCUT2D eigenvalue weighted by molar-refractivity contribution is 7.99. The fraction of sp³-hybridized carbons (Fsp3) is 0.333. The first kappa shape index (κ1) is 20.9. The molecule has 1 unspecified atom stereocenters. The number of aryl methyl sites for hydroxylation is 2. The number of thiophene rings is 1. The van der Waals surface area contributed by atoms with Crippen molar-refractivity contribution < 1.29 is 4.79 Å². The Hall–Kier alpha value is -2.02. The van der Waals surface area contributed by atoms with Crippen molar-refractivity contribution in [3.8, 4) is 5.69 Å². The molecule has 31 heavy (non-hydrogen) atoms.